The molecular weight excluding hydrogens is 384 g/mol. The Bertz CT molecular complexity index is 1660. The standard InChI is InChI=1S/C29H19Cl/c1-2-3-4-23(30)22-15-20-12-11-18-8-6-16-5-7-17-9-10-19-13-14-21(22)29-27(19)25(17)24(16)26(18)28(20)29/h2,5-15,23H,1,3-4H2. The third kappa shape index (κ3) is 1.93. The van der Waals surface area contributed by atoms with Gasteiger partial charge in [0.25, 0.3) is 0 Å². The number of allylic oxidation sites excluding steroid dienone is 1. The van der Waals surface area contributed by atoms with Gasteiger partial charge in [0, 0.05) is 0 Å². The molecule has 7 aromatic rings. The summed E-state index contributed by atoms with van der Waals surface area (Å²) in [4.78, 5) is 0. The molecule has 0 aliphatic heterocycles. The molecule has 1 unspecified atom stereocenters. The summed E-state index contributed by atoms with van der Waals surface area (Å²) < 4.78 is 0. The van der Waals surface area contributed by atoms with Crippen molar-refractivity contribution in [1.82, 2.24) is 0 Å². The molecule has 0 aromatic heterocycles. The zero-order chi connectivity index (χ0) is 20.0. The van der Waals surface area contributed by atoms with E-state index in [1.165, 1.54) is 70.2 Å². The van der Waals surface area contributed by atoms with Crippen LogP contribution in [0.25, 0.3) is 64.6 Å². The Morgan fingerprint density at radius 2 is 1.07 bits per heavy atom. The van der Waals surface area contributed by atoms with Gasteiger partial charge in [0.1, 0.15) is 0 Å². The normalized spacial score (nSPS) is 13.8. The predicted molar refractivity (Wildman–Crippen MR) is 133 cm³/mol. The van der Waals surface area contributed by atoms with E-state index in [1.807, 2.05) is 6.08 Å². The molecule has 142 valence electrons. The lowest BCUT2D eigenvalue weighted by Crippen LogP contribution is -1.97. The molecule has 0 saturated carbocycles. The molecule has 7 rings (SSSR count). The molecule has 30 heavy (non-hydrogen) atoms. The lowest BCUT2D eigenvalue weighted by Gasteiger charge is -2.23. The second-order valence-electron chi connectivity index (χ2n) is 8.54. The smallest absolute Gasteiger partial charge is 0.0594 e. The Hall–Kier alpha value is -3.09. The Labute approximate surface area is 179 Å². The number of alkyl halides is 1. The molecule has 0 spiro atoms. The van der Waals surface area contributed by atoms with Crippen molar-refractivity contribution in [3.63, 3.8) is 0 Å². The van der Waals surface area contributed by atoms with E-state index >= 15 is 0 Å². The van der Waals surface area contributed by atoms with Gasteiger partial charge in [0.05, 0.1) is 5.38 Å². The molecule has 0 amide bonds. The topological polar surface area (TPSA) is 0 Å². The first kappa shape index (κ1) is 16.7. The number of hydrogen-bond acceptors (Lipinski definition) is 0. The molecule has 0 fully saturated rings. The van der Waals surface area contributed by atoms with E-state index in [9.17, 15) is 0 Å². The van der Waals surface area contributed by atoms with Crippen LogP contribution >= 0.6 is 11.6 Å². The summed E-state index contributed by atoms with van der Waals surface area (Å²) in [6.07, 6.45) is 3.79. The minimum absolute atomic E-state index is 0.0206. The highest BCUT2D eigenvalue weighted by Crippen LogP contribution is 2.50. The molecule has 7 aromatic carbocycles. The van der Waals surface area contributed by atoms with Gasteiger partial charge in [-0.15, -0.1) is 18.2 Å². The second kappa shape index (κ2) is 5.74. The molecule has 0 radical (unpaired) electrons. The zero-order valence-corrected chi connectivity index (χ0v) is 17.3. The van der Waals surface area contributed by atoms with Crippen LogP contribution < -0.4 is 0 Å². The van der Waals surface area contributed by atoms with Crippen LogP contribution in [0.5, 0.6) is 0 Å². The lowest BCUT2D eigenvalue weighted by atomic mass is 9.81. The first-order chi connectivity index (χ1) is 14.8. The predicted octanol–water partition coefficient (Wildman–Crippen LogP) is 9.17. The average molecular weight is 403 g/mol. The monoisotopic (exact) mass is 402 g/mol. The Morgan fingerprint density at radius 3 is 1.60 bits per heavy atom. The second-order valence-corrected chi connectivity index (χ2v) is 9.07. The molecule has 0 aliphatic carbocycles. The lowest BCUT2D eigenvalue weighted by molar-refractivity contribution is 0.820. The van der Waals surface area contributed by atoms with Crippen molar-refractivity contribution in [2.75, 3.05) is 0 Å². The minimum Gasteiger partial charge on any atom is -0.118 e. The molecule has 0 saturated heterocycles. The van der Waals surface area contributed by atoms with Crippen molar-refractivity contribution in [3.8, 4) is 0 Å². The van der Waals surface area contributed by atoms with Gasteiger partial charge in [-0.1, -0.05) is 66.7 Å². The van der Waals surface area contributed by atoms with Gasteiger partial charge < -0.3 is 0 Å². The minimum atomic E-state index is -0.0206. The SMILES string of the molecule is C=CCCC(Cl)c1cc2ccc3ccc4ccc5ccc6ccc1c1c6c5c4c3c21. The molecule has 1 heteroatoms. The van der Waals surface area contributed by atoms with Crippen LogP contribution in [0.4, 0.5) is 0 Å². The number of hydrogen-bond donors (Lipinski definition) is 0. The van der Waals surface area contributed by atoms with E-state index in [0.717, 1.165) is 12.8 Å². The van der Waals surface area contributed by atoms with Crippen LogP contribution in [0.2, 0.25) is 0 Å². The van der Waals surface area contributed by atoms with E-state index in [0.29, 0.717) is 0 Å². The van der Waals surface area contributed by atoms with Crippen LogP contribution in [0, 0.1) is 0 Å². The summed E-state index contributed by atoms with van der Waals surface area (Å²) in [5.74, 6) is 0. The molecular formula is C29H19Cl. The Kier molecular flexibility index (Phi) is 3.19. The molecule has 0 heterocycles. The fourth-order valence-electron chi connectivity index (χ4n) is 5.69. The highest BCUT2D eigenvalue weighted by atomic mass is 35.5. The quantitative estimate of drug-likeness (QED) is 0.119. The van der Waals surface area contributed by atoms with E-state index in [-0.39, 0.29) is 5.38 Å². The molecule has 1 atom stereocenters. The fraction of sp³-hybridized carbons (Fsp3) is 0.103. The van der Waals surface area contributed by atoms with Crippen LogP contribution in [-0.4, -0.2) is 0 Å². The van der Waals surface area contributed by atoms with Crippen molar-refractivity contribution in [2.24, 2.45) is 0 Å². The van der Waals surface area contributed by atoms with Crippen molar-refractivity contribution >= 4 is 76.2 Å². The summed E-state index contributed by atoms with van der Waals surface area (Å²) in [7, 11) is 0. The van der Waals surface area contributed by atoms with Crippen molar-refractivity contribution < 1.29 is 0 Å². The van der Waals surface area contributed by atoms with E-state index < -0.39 is 0 Å². The highest BCUT2D eigenvalue weighted by Gasteiger charge is 2.22. The molecule has 0 bridgehead atoms. The van der Waals surface area contributed by atoms with Crippen molar-refractivity contribution in [1.29, 1.82) is 0 Å². The van der Waals surface area contributed by atoms with Crippen molar-refractivity contribution in [2.45, 2.75) is 18.2 Å². The largest absolute Gasteiger partial charge is 0.118 e. The maximum absolute atomic E-state index is 6.95. The summed E-state index contributed by atoms with van der Waals surface area (Å²) in [5.41, 5.74) is 1.24. The maximum atomic E-state index is 6.95. The average Bonchev–Trinajstić information content (AvgIpc) is 2.80. The third-order valence-corrected chi connectivity index (χ3v) is 7.45. The van der Waals surface area contributed by atoms with Crippen LogP contribution in [-0.2, 0) is 0 Å². The number of halogens is 1. The summed E-state index contributed by atoms with van der Waals surface area (Å²) in [5, 5.41) is 16.2. The van der Waals surface area contributed by atoms with Gasteiger partial charge in [0.2, 0.25) is 0 Å². The maximum Gasteiger partial charge on any atom is 0.0594 e. The van der Waals surface area contributed by atoms with Crippen LogP contribution in [0.3, 0.4) is 0 Å². The summed E-state index contributed by atoms with van der Waals surface area (Å²) >= 11 is 6.95. The highest BCUT2D eigenvalue weighted by molar-refractivity contribution is 6.45. The van der Waals surface area contributed by atoms with E-state index in [4.69, 9.17) is 11.6 Å². The van der Waals surface area contributed by atoms with Gasteiger partial charge in [-0.2, -0.15) is 0 Å². The fourth-order valence-corrected chi connectivity index (χ4v) is 6.00. The number of benzene rings is 7. The van der Waals surface area contributed by atoms with Crippen LogP contribution in [0.1, 0.15) is 23.8 Å². The zero-order valence-electron chi connectivity index (χ0n) is 16.5. The van der Waals surface area contributed by atoms with E-state index in [2.05, 4.69) is 73.3 Å². The Balaban J connectivity index is 1.81. The van der Waals surface area contributed by atoms with E-state index in [1.54, 1.807) is 0 Å². The van der Waals surface area contributed by atoms with Crippen LogP contribution in [0.15, 0.2) is 79.4 Å². The van der Waals surface area contributed by atoms with Gasteiger partial charge in [-0.05, 0) is 89.1 Å². The third-order valence-electron chi connectivity index (χ3n) is 7.00. The number of rotatable bonds is 4. The molecule has 0 N–H and O–H groups in total. The first-order valence-corrected chi connectivity index (χ1v) is 11.0. The molecule has 0 nitrogen and oxygen atoms in total. The van der Waals surface area contributed by atoms with Gasteiger partial charge in [0.15, 0.2) is 0 Å². The first-order valence-electron chi connectivity index (χ1n) is 10.6. The van der Waals surface area contributed by atoms with Gasteiger partial charge >= 0.3 is 0 Å². The molecule has 0 aliphatic rings. The van der Waals surface area contributed by atoms with Crippen molar-refractivity contribution in [3.05, 3.63) is 84.9 Å². The summed E-state index contributed by atoms with van der Waals surface area (Å²) in [6.45, 7) is 3.88. The Morgan fingerprint density at radius 1 is 0.633 bits per heavy atom. The van der Waals surface area contributed by atoms with Gasteiger partial charge in [-0.25, -0.2) is 0 Å². The van der Waals surface area contributed by atoms with Gasteiger partial charge in [-0.3, -0.25) is 0 Å². The summed E-state index contributed by atoms with van der Waals surface area (Å²) in [6, 6.07) is 25.0.